The maximum absolute atomic E-state index is 11.8. The first-order valence-electron chi connectivity index (χ1n) is 5.56. The van der Waals surface area contributed by atoms with E-state index < -0.39 is 6.09 Å². The minimum atomic E-state index is -0.511. The zero-order chi connectivity index (χ0) is 11.5. The lowest BCUT2D eigenvalue weighted by molar-refractivity contribution is -0.129. The van der Waals surface area contributed by atoms with Crippen LogP contribution in [-0.2, 0) is 9.53 Å². The minimum absolute atomic E-state index is 0.170. The molecule has 16 heavy (non-hydrogen) atoms. The third-order valence-corrected chi connectivity index (χ3v) is 3.10. The van der Waals surface area contributed by atoms with Crippen LogP contribution in [0.1, 0.15) is 6.42 Å². The van der Waals surface area contributed by atoms with E-state index in [0.717, 1.165) is 19.5 Å². The Labute approximate surface area is 94.5 Å². The molecule has 2 fully saturated rings. The van der Waals surface area contributed by atoms with Gasteiger partial charge in [0.25, 0.3) is 0 Å². The zero-order valence-electron chi connectivity index (χ0n) is 9.44. The van der Waals surface area contributed by atoms with Gasteiger partial charge < -0.3 is 10.1 Å². The van der Waals surface area contributed by atoms with Crippen LogP contribution in [-0.4, -0.2) is 67.7 Å². The molecule has 2 saturated heterocycles. The summed E-state index contributed by atoms with van der Waals surface area (Å²) in [4.78, 5) is 26.1. The van der Waals surface area contributed by atoms with E-state index in [0.29, 0.717) is 19.2 Å². The Hall–Kier alpha value is -1.14. The van der Waals surface area contributed by atoms with Crippen molar-refractivity contribution >= 4 is 12.0 Å². The van der Waals surface area contributed by atoms with E-state index in [-0.39, 0.29) is 12.5 Å². The standard InChI is InChI=1S/C10H17N3O3/c1-12(8-2-3-11-6-8)7-9(14)13-4-5-16-10(13)15/h8,11H,2-7H2,1H3. The molecule has 0 spiro atoms. The van der Waals surface area contributed by atoms with Gasteiger partial charge >= 0.3 is 6.09 Å². The van der Waals surface area contributed by atoms with Crippen LogP contribution in [0.2, 0.25) is 0 Å². The summed E-state index contributed by atoms with van der Waals surface area (Å²) >= 11 is 0. The zero-order valence-corrected chi connectivity index (χ0v) is 9.44. The monoisotopic (exact) mass is 227 g/mol. The van der Waals surface area contributed by atoms with Crippen molar-refractivity contribution < 1.29 is 14.3 Å². The summed E-state index contributed by atoms with van der Waals surface area (Å²) < 4.78 is 4.73. The van der Waals surface area contributed by atoms with Crippen LogP contribution in [0.5, 0.6) is 0 Å². The lowest BCUT2D eigenvalue weighted by atomic mass is 10.2. The van der Waals surface area contributed by atoms with Crippen LogP contribution in [0.25, 0.3) is 0 Å². The number of carbonyl (C=O) groups excluding carboxylic acids is 2. The summed E-state index contributed by atoms with van der Waals surface area (Å²) in [6.45, 7) is 2.89. The molecule has 1 atom stereocenters. The summed E-state index contributed by atoms with van der Waals surface area (Å²) in [6, 6.07) is 0.391. The molecule has 0 bridgehead atoms. The number of carbonyl (C=O) groups is 2. The number of likely N-dealkylation sites (N-methyl/N-ethyl adjacent to an activating group) is 1. The van der Waals surface area contributed by atoms with Gasteiger partial charge in [0.2, 0.25) is 5.91 Å². The average Bonchev–Trinajstić information content (AvgIpc) is 2.86. The first kappa shape index (κ1) is 11.3. The second-order valence-electron chi connectivity index (χ2n) is 4.22. The molecule has 0 aromatic carbocycles. The Bertz CT molecular complexity index is 289. The fourth-order valence-electron chi connectivity index (χ4n) is 2.06. The fraction of sp³-hybridized carbons (Fsp3) is 0.800. The molecule has 90 valence electrons. The van der Waals surface area contributed by atoms with Gasteiger partial charge in [-0.05, 0) is 20.0 Å². The van der Waals surface area contributed by atoms with E-state index in [4.69, 9.17) is 4.74 Å². The molecule has 0 aliphatic carbocycles. The quantitative estimate of drug-likeness (QED) is 0.688. The SMILES string of the molecule is CN(CC(=O)N1CCOC1=O)C1CCNC1. The van der Waals surface area contributed by atoms with Crippen molar-refractivity contribution in [1.29, 1.82) is 0 Å². The van der Waals surface area contributed by atoms with Crippen molar-refractivity contribution in [1.82, 2.24) is 15.1 Å². The summed E-state index contributed by atoms with van der Waals surface area (Å²) in [5, 5.41) is 3.25. The Morgan fingerprint density at radius 2 is 2.50 bits per heavy atom. The molecular weight excluding hydrogens is 210 g/mol. The van der Waals surface area contributed by atoms with Gasteiger partial charge in [-0.25, -0.2) is 9.69 Å². The Kier molecular flexibility index (Phi) is 3.40. The number of imide groups is 1. The smallest absolute Gasteiger partial charge is 0.416 e. The van der Waals surface area contributed by atoms with E-state index >= 15 is 0 Å². The average molecular weight is 227 g/mol. The number of cyclic esters (lactones) is 1. The van der Waals surface area contributed by atoms with E-state index in [1.807, 2.05) is 11.9 Å². The molecule has 2 rings (SSSR count). The Balaban J connectivity index is 1.84. The second kappa shape index (κ2) is 4.80. The molecule has 2 heterocycles. The molecule has 2 aliphatic rings. The van der Waals surface area contributed by atoms with Gasteiger partial charge in [0.05, 0.1) is 13.1 Å². The highest BCUT2D eigenvalue weighted by Crippen LogP contribution is 2.08. The van der Waals surface area contributed by atoms with E-state index in [1.165, 1.54) is 4.90 Å². The van der Waals surface area contributed by atoms with E-state index in [2.05, 4.69) is 5.32 Å². The molecule has 0 aromatic heterocycles. The van der Waals surface area contributed by atoms with Gasteiger partial charge in [0, 0.05) is 12.6 Å². The molecule has 0 radical (unpaired) electrons. The Morgan fingerprint density at radius 3 is 3.06 bits per heavy atom. The lowest BCUT2D eigenvalue weighted by Gasteiger charge is -2.24. The number of hydrogen-bond acceptors (Lipinski definition) is 5. The van der Waals surface area contributed by atoms with Crippen molar-refractivity contribution in [2.75, 3.05) is 39.8 Å². The highest BCUT2D eigenvalue weighted by molar-refractivity contribution is 5.94. The lowest BCUT2D eigenvalue weighted by Crippen LogP contribution is -2.43. The van der Waals surface area contributed by atoms with Crippen molar-refractivity contribution in [2.45, 2.75) is 12.5 Å². The van der Waals surface area contributed by atoms with Crippen molar-refractivity contribution in [3.8, 4) is 0 Å². The third kappa shape index (κ3) is 2.33. The molecular formula is C10H17N3O3. The number of hydrogen-bond donors (Lipinski definition) is 1. The van der Waals surface area contributed by atoms with Gasteiger partial charge in [-0.2, -0.15) is 0 Å². The number of nitrogens with one attached hydrogen (secondary N) is 1. The normalized spacial score (nSPS) is 25.2. The number of rotatable bonds is 3. The molecule has 2 amide bonds. The molecule has 6 nitrogen and oxygen atoms in total. The van der Waals surface area contributed by atoms with Crippen LogP contribution in [0, 0.1) is 0 Å². The predicted octanol–water partition coefficient (Wildman–Crippen LogP) is -0.741. The molecule has 6 heteroatoms. The number of nitrogens with zero attached hydrogens (tertiary/aromatic N) is 2. The van der Waals surface area contributed by atoms with Crippen molar-refractivity contribution in [3.05, 3.63) is 0 Å². The van der Waals surface area contributed by atoms with Crippen LogP contribution in [0.4, 0.5) is 4.79 Å². The number of amides is 2. The van der Waals surface area contributed by atoms with Gasteiger partial charge in [0.15, 0.2) is 0 Å². The van der Waals surface area contributed by atoms with Crippen LogP contribution in [0.3, 0.4) is 0 Å². The van der Waals surface area contributed by atoms with Crippen molar-refractivity contribution in [2.24, 2.45) is 0 Å². The highest BCUT2D eigenvalue weighted by Gasteiger charge is 2.30. The number of ether oxygens (including phenoxy) is 1. The van der Waals surface area contributed by atoms with E-state index in [1.54, 1.807) is 0 Å². The maximum Gasteiger partial charge on any atom is 0.416 e. The van der Waals surface area contributed by atoms with Crippen LogP contribution >= 0.6 is 0 Å². The topological polar surface area (TPSA) is 61.9 Å². The predicted molar refractivity (Wildman–Crippen MR) is 57.0 cm³/mol. The highest BCUT2D eigenvalue weighted by atomic mass is 16.6. The minimum Gasteiger partial charge on any atom is -0.447 e. The largest absolute Gasteiger partial charge is 0.447 e. The van der Waals surface area contributed by atoms with E-state index in [9.17, 15) is 9.59 Å². The van der Waals surface area contributed by atoms with Crippen molar-refractivity contribution in [3.63, 3.8) is 0 Å². The molecule has 0 saturated carbocycles. The molecule has 0 aromatic rings. The molecule has 1 N–H and O–H groups in total. The summed E-state index contributed by atoms with van der Waals surface area (Å²) in [5.74, 6) is -0.170. The Morgan fingerprint density at radius 1 is 1.69 bits per heavy atom. The molecule has 2 aliphatic heterocycles. The first-order valence-corrected chi connectivity index (χ1v) is 5.56. The third-order valence-electron chi connectivity index (χ3n) is 3.10. The fourth-order valence-corrected chi connectivity index (χ4v) is 2.06. The summed E-state index contributed by atoms with van der Waals surface area (Å²) in [7, 11) is 1.91. The van der Waals surface area contributed by atoms with Gasteiger partial charge in [0.1, 0.15) is 6.61 Å². The van der Waals surface area contributed by atoms with Crippen LogP contribution in [0.15, 0.2) is 0 Å². The summed E-state index contributed by atoms with van der Waals surface area (Å²) in [6.07, 6.45) is 0.539. The first-order chi connectivity index (χ1) is 7.68. The van der Waals surface area contributed by atoms with Gasteiger partial charge in [-0.15, -0.1) is 0 Å². The van der Waals surface area contributed by atoms with Gasteiger partial charge in [-0.1, -0.05) is 0 Å². The van der Waals surface area contributed by atoms with Crippen LogP contribution < -0.4 is 5.32 Å². The summed E-state index contributed by atoms with van der Waals surface area (Å²) in [5.41, 5.74) is 0. The van der Waals surface area contributed by atoms with Gasteiger partial charge in [-0.3, -0.25) is 9.69 Å². The maximum atomic E-state index is 11.8. The molecule has 1 unspecified atom stereocenters. The second-order valence-corrected chi connectivity index (χ2v) is 4.22.